The van der Waals surface area contributed by atoms with Crippen LogP contribution in [-0.4, -0.2) is 28.3 Å². The highest BCUT2D eigenvalue weighted by Gasteiger charge is 2.35. The van der Waals surface area contributed by atoms with Crippen molar-refractivity contribution in [1.82, 2.24) is 10.2 Å². The summed E-state index contributed by atoms with van der Waals surface area (Å²) in [6.45, 7) is 1.82. The number of nitrogens with one attached hydrogen (secondary N) is 1. The summed E-state index contributed by atoms with van der Waals surface area (Å²) >= 11 is 1.43. The van der Waals surface area contributed by atoms with Crippen LogP contribution in [0.15, 0.2) is 24.3 Å². The van der Waals surface area contributed by atoms with E-state index in [2.05, 4.69) is 15.5 Å². The number of carbonyl (C=O) groups excluding carboxylic acids is 1. The number of amides is 1. The first-order valence-corrected chi connectivity index (χ1v) is 8.09. The zero-order chi connectivity index (χ0) is 15.1. The lowest BCUT2D eigenvalue weighted by Gasteiger charge is -2.30. The fourth-order valence-corrected chi connectivity index (χ4v) is 3.28. The van der Waals surface area contributed by atoms with E-state index in [1.54, 1.807) is 6.07 Å². The monoisotopic (exact) mass is 317 g/mol. The van der Waals surface area contributed by atoms with E-state index in [9.17, 15) is 4.79 Å². The molecule has 0 saturated heterocycles. The quantitative estimate of drug-likeness (QED) is 0.942. The number of aromatic nitrogens is 2. The molecule has 7 heteroatoms. The molecule has 1 N–H and O–H groups in total. The Morgan fingerprint density at radius 3 is 2.68 bits per heavy atom. The molecule has 22 heavy (non-hydrogen) atoms. The van der Waals surface area contributed by atoms with Gasteiger partial charge in [-0.15, -0.1) is 10.2 Å². The van der Waals surface area contributed by atoms with E-state index in [-0.39, 0.29) is 12.0 Å². The van der Waals surface area contributed by atoms with Gasteiger partial charge in [0.2, 0.25) is 11.2 Å². The molecular formula is C15H15N3O3S. The van der Waals surface area contributed by atoms with Gasteiger partial charge in [-0.05, 0) is 31.9 Å². The molecule has 1 aromatic carbocycles. The fraction of sp³-hybridized carbons (Fsp3) is 0.400. The van der Waals surface area contributed by atoms with Gasteiger partial charge in [0.05, 0.1) is 0 Å². The summed E-state index contributed by atoms with van der Waals surface area (Å²) in [4.78, 5) is 12.4. The van der Waals surface area contributed by atoms with Gasteiger partial charge in [0.25, 0.3) is 5.91 Å². The SMILES string of the molecule is C[C@H]1Oc2ccccc2O[C@H]1C(=O)Nc1nnc(C2CC2)s1. The third kappa shape index (κ3) is 2.52. The molecule has 0 radical (unpaired) electrons. The van der Waals surface area contributed by atoms with Gasteiger partial charge in [-0.25, -0.2) is 0 Å². The maximum atomic E-state index is 12.4. The van der Waals surface area contributed by atoms with Crippen LogP contribution in [-0.2, 0) is 4.79 Å². The van der Waals surface area contributed by atoms with Gasteiger partial charge in [-0.1, -0.05) is 23.5 Å². The molecule has 1 aliphatic heterocycles. The van der Waals surface area contributed by atoms with Crippen molar-refractivity contribution < 1.29 is 14.3 Å². The highest BCUT2D eigenvalue weighted by Crippen LogP contribution is 2.42. The van der Waals surface area contributed by atoms with Crippen molar-refractivity contribution in [3.05, 3.63) is 29.3 Å². The van der Waals surface area contributed by atoms with Crippen molar-refractivity contribution in [3.63, 3.8) is 0 Å². The Morgan fingerprint density at radius 1 is 1.23 bits per heavy atom. The zero-order valence-electron chi connectivity index (χ0n) is 12.0. The van der Waals surface area contributed by atoms with Crippen LogP contribution in [0.1, 0.15) is 30.7 Å². The second-order valence-electron chi connectivity index (χ2n) is 5.52. The molecule has 0 bridgehead atoms. The Hall–Kier alpha value is -2.15. The van der Waals surface area contributed by atoms with E-state index in [0.29, 0.717) is 22.5 Å². The van der Waals surface area contributed by atoms with Crippen LogP contribution in [0.4, 0.5) is 5.13 Å². The van der Waals surface area contributed by atoms with Crippen molar-refractivity contribution in [2.24, 2.45) is 0 Å². The van der Waals surface area contributed by atoms with Crippen LogP contribution in [0.2, 0.25) is 0 Å². The van der Waals surface area contributed by atoms with Crippen LogP contribution in [0.5, 0.6) is 11.5 Å². The predicted octanol–water partition coefficient (Wildman–Crippen LogP) is 2.58. The Balaban J connectivity index is 1.47. The van der Waals surface area contributed by atoms with E-state index in [1.807, 2.05) is 25.1 Å². The average molecular weight is 317 g/mol. The Kier molecular flexibility index (Phi) is 3.22. The first kappa shape index (κ1) is 13.5. The largest absolute Gasteiger partial charge is 0.482 e. The lowest BCUT2D eigenvalue weighted by molar-refractivity contribution is -0.128. The standard InChI is InChI=1S/C15H15N3O3S/c1-8-12(21-11-5-3-2-4-10(11)20-8)13(19)16-15-18-17-14(22-15)9-6-7-9/h2-5,8-9,12H,6-7H2,1H3,(H,16,18,19)/t8-,12-/m1/s1. The van der Waals surface area contributed by atoms with E-state index in [4.69, 9.17) is 9.47 Å². The molecule has 2 atom stereocenters. The molecule has 2 aliphatic rings. The number of benzene rings is 1. The minimum atomic E-state index is -0.705. The van der Waals surface area contributed by atoms with Gasteiger partial charge in [-0.2, -0.15) is 0 Å². The van der Waals surface area contributed by atoms with Crippen LogP contribution in [0.3, 0.4) is 0 Å². The maximum Gasteiger partial charge on any atom is 0.271 e. The number of ether oxygens (including phenoxy) is 2. The molecule has 114 valence electrons. The molecule has 1 fully saturated rings. The van der Waals surface area contributed by atoms with Gasteiger partial charge < -0.3 is 9.47 Å². The molecule has 0 spiro atoms. The molecule has 2 aromatic rings. The summed E-state index contributed by atoms with van der Waals surface area (Å²) in [6, 6.07) is 7.33. The number of anilines is 1. The number of fused-ring (bicyclic) bond motifs is 1. The minimum absolute atomic E-state index is 0.263. The molecule has 1 aliphatic carbocycles. The molecule has 2 heterocycles. The van der Waals surface area contributed by atoms with Crippen molar-refractivity contribution >= 4 is 22.4 Å². The fourth-order valence-electron chi connectivity index (χ4n) is 2.36. The van der Waals surface area contributed by atoms with E-state index in [0.717, 1.165) is 17.8 Å². The van der Waals surface area contributed by atoms with E-state index in [1.165, 1.54) is 11.3 Å². The second kappa shape index (κ2) is 5.24. The van der Waals surface area contributed by atoms with Crippen LogP contribution >= 0.6 is 11.3 Å². The second-order valence-corrected chi connectivity index (χ2v) is 6.53. The molecule has 0 unspecified atom stereocenters. The van der Waals surface area contributed by atoms with E-state index < -0.39 is 6.10 Å². The van der Waals surface area contributed by atoms with Crippen molar-refractivity contribution in [1.29, 1.82) is 0 Å². The highest BCUT2D eigenvalue weighted by molar-refractivity contribution is 7.15. The van der Waals surface area contributed by atoms with Gasteiger partial charge in [0, 0.05) is 5.92 Å². The lowest BCUT2D eigenvalue weighted by atomic mass is 10.1. The summed E-state index contributed by atoms with van der Waals surface area (Å²) in [5.74, 6) is 1.51. The Labute approximate surface area is 131 Å². The first-order chi connectivity index (χ1) is 10.7. The van der Waals surface area contributed by atoms with Gasteiger partial charge in [0.1, 0.15) is 11.1 Å². The summed E-state index contributed by atoms with van der Waals surface area (Å²) in [5, 5.41) is 12.4. The predicted molar refractivity (Wildman–Crippen MR) is 81.5 cm³/mol. The maximum absolute atomic E-state index is 12.4. The van der Waals surface area contributed by atoms with E-state index >= 15 is 0 Å². The normalized spacial score (nSPS) is 23.1. The number of para-hydroxylation sites is 2. The highest BCUT2D eigenvalue weighted by atomic mass is 32.1. The summed E-state index contributed by atoms with van der Waals surface area (Å²) in [5.41, 5.74) is 0. The van der Waals surface area contributed by atoms with Gasteiger partial charge in [0.15, 0.2) is 11.5 Å². The van der Waals surface area contributed by atoms with Crippen LogP contribution in [0, 0.1) is 0 Å². The smallest absolute Gasteiger partial charge is 0.271 e. The molecular weight excluding hydrogens is 302 g/mol. The number of hydrogen-bond acceptors (Lipinski definition) is 6. The number of carbonyl (C=O) groups is 1. The topological polar surface area (TPSA) is 73.3 Å². The van der Waals surface area contributed by atoms with Gasteiger partial charge >= 0.3 is 0 Å². The van der Waals surface area contributed by atoms with Crippen LogP contribution < -0.4 is 14.8 Å². The molecule has 1 aromatic heterocycles. The number of hydrogen-bond donors (Lipinski definition) is 1. The van der Waals surface area contributed by atoms with Crippen molar-refractivity contribution in [2.45, 2.75) is 37.9 Å². The summed E-state index contributed by atoms with van der Waals surface area (Å²) in [6.07, 6.45) is 1.25. The Bertz CT molecular complexity index is 714. The third-order valence-corrected chi connectivity index (χ3v) is 4.70. The molecule has 4 rings (SSSR count). The third-order valence-electron chi connectivity index (χ3n) is 3.70. The molecule has 6 nitrogen and oxygen atoms in total. The number of rotatable bonds is 3. The average Bonchev–Trinajstić information content (AvgIpc) is 3.27. The molecule has 1 saturated carbocycles. The zero-order valence-corrected chi connectivity index (χ0v) is 12.8. The van der Waals surface area contributed by atoms with Gasteiger partial charge in [-0.3, -0.25) is 10.1 Å². The first-order valence-electron chi connectivity index (χ1n) is 7.27. The minimum Gasteiger partial charge on any atom is -0.482 e. The van der Waals surface area contributed by atoms with Crippen molar-refractivity contribution in [2.75, 3.05) is 5.32 Å². The molecule has 1 amide bonds. The summed E-state index contributed by atoms with van der Waals surface area (Å²) in [7, 11) is 0. The number of nitrogens with zero attached hydrogens (tertiary/aromatic N) is 2. The Morgan fingerprint density at radius 2 is 1.95 bits per heavy atom. The van der Waals surface area contributed by atoms with Crippen molar-refractivity contribution in [3.8, 4) is 11.5 Å². The summed E-state index contributed by atoms with van der Waals surface area (Å²) < 4.78 is 11.5. The lowest BCUT2D eigenvalue weighted by Crippen LogP contribution is -2.46. The van der Waals surface area contributed by atoms with Crippen LogP contribution in [0.25, 0.3) is 0 Å².